The molecule has 2 heterocycles. The smallest absolute Gasteiger partial charge is 0.253 e. The highest BCUT2D eigenvalue weighted by Crippen LogP contribution is 2.37. The molecule has 4 N–H and O–H groups in total. The summed E-state index contributed by atoms with van der Waals surface area (Å²) in [6, 6.07) is 5.37. The number of likely N-dealkylation sites (tertiary alicyclic amines) is 1. The van der Waals surface area contributed by atoms with E-state index in [2.05, 4.69) is 5.32 Å². The number of benzene rings is 1. The zero-order valence-electron chi connectivity index (χ0n) is 13.6. The van der Waals surface area contributed by atoms with E-state index in [1.54, 1.807) is 4.90 Å². The van der Waals surface area contributed by atoms with Crippen molar-refractivity contribution in [3.05, 3.63) is 29.8 Å². The van der Waals surface area contributed by atoms with Crippen molar-refractivity contribution < 1.29 is 23.1 Å². The quantitative estimate of drug-likeness (QED) is 0.645. The molecule has 2 fully saturated rings. The van der Waals surface area contributed by atoms with Gasteiger partial charge in [-0.3, -0.25) is 9.59 Å². The van der Waals surface area contributed by atoms with Crippen molar-refractivity contribution in [2.24, 2.45) is 10.6 Å². The van der Waals surface area contributed by atoms with Gasteiger partial charge < -0.3 is 15.3 Å². The number of primary sulfonamides is 1. The van der Waals surface area contributed by atoms with Crippen LogP contribution < -0.4 is 10.5 Å². The van der Waals surface area contributed by atoms with Gasteiger partial charge in [0.15, 0.2) is 0 Å². The number of aliphatic hydroxyl groups is 1. The Morgan fingerprint density at radius 3 is 2.60 bits per heavy atom. The first-order valence-corrected chi connectivity index (χ1v) is 9.67. The number of hydrogen-bond donors (Lipinski definition) is 3. The number of rotatable bonds is 2. The van der Waals surface area contributed by atoms with Crippen molar-refractivity contribution in [2.75, 3.05) is 19.6 Å². The van der Waals surface area contributed by atoms with Crippen LogP contribution in [0.5, 0.6) is 0 Å². The highest BCUT2D eigenvalue weighted by molar-refractivity contribution is 7.89. The van der Waals surface area contributed by atoms with E-state index in [0.29, 0.717) is 31.5 Å². The van der Waals surface area contributed by atoms with Crippen LogP contribution in [0.1, 0.15) is 29.6 Å². The van der Waals surface area contributed by atoms with Crippen molar-refractivity contribution in [3.63, 3.8) is 0 Å². The minimum Gasteiger partial charge on any atom is -0.392 e. The molecule has 0 aromatic heterocycles. The van der Waals surface area contributed by atoms with E-state index < -0.39 is 21.5 Å². The molecule has 3 rings (SSSR count). The molecule has 2 amide bonds. The van der Waals surface area contributed by atoms with Crippen LogP contribution in [0.2, 0.25) is 0 Å². The second-order valence-corrected chi connectivity index (χ2v) is 8.18. The molecular formula is C16H21N3O5S. The number of carbonyl (C=O) groups is 2. The molecule has 2 aliphatic rings. The number of piperidine rings is 2. The summed E-state index contributed by atoms with van der Waals surface area (Å²) in [5.41, 5.74) is -0.651. The number of nitrogens with zero attached hydrogens (tertiary/aromatic N) is 1. The first kappa shape index (κ1) is 17.8. The summed E-state index contributed by atoms with van der Waals surface area (Å²) in [5, 5.41) is 18.2. The monoisotopic (exact) mass is 367 g/mol. The fraction of sp³-hybridized carbons (Fsp3) is 0.500. The van der Waals surface area contributed by atoms with Crippen molar-refractivity contribution in [2.45, 2.75) is 30.3 Å². The van der Waals surface area contributed by atoms with Gasteiger partial charge in [-0.25, -0.2) is 13.6 Å². The summed E-state index contributed by atoms with van der Waals surface area (Å²) in [6.45, 7) is 1.07. The maximum Gasteiger partial charge on any atom is 0.253 e. The Kier molecular flexibility index (Phi) is 4.56. The lowest BCUT2D eigenvalue weighted by Crippen LogP contribution is -2.62. The van der Waals surface area contributed by atoms with E-state index in [4.69, 9.17) is 5.14 Å². The average Bonchev–Trinajstić information content (AvgIpc) is 2.58. The van der Waals surface area contributed by atoms with Crippen molar-refractivity contribution in [1.29, 1.82) is 0 Å². The number of amides is 2. The molecular weight excluding hydrogens is 346 g/mol. The highest BCUT2D eigenvalue weighted by Gasteiger charge is 2.50. The van der Waals surface area contributed by atoms with Crippen molar-refractivity contribution in [1.82, 2.24) is 10.2 Å². The van der Waals surface area contributed by atoms with E-state index in [1.807, 2.05) is 0 Å². The average molecular weight is 367 g/mol. The Balaban J connectivity index is 1.82. The Bertz CT molecular complexity index is 792. The molecule has 0 radical (unpaired) electrons. The van der Waals surface area contributed by atoms with Crippen LogP contribution >= 0.6 is 0 Å². The van der Waals surface area contributed by atoms with Gasteiger partial charge in [0.05, 0.1) is 16.4 Å². The minimum absolute atomic E-state index is 0.0683. The largest absolute Gasteiger partial charge is 0.392 e. The van der Waals surface area contributed by atoms with E-state index >= 15 is 0 Å². The molecule has 1 aromatic carbocycles. The van der Waals surface area contributed by atoms with E-state index in [9.17, 15) is 23.1 Å². The minimum atomic E-state index is -3.82. The van der Waals surface area contributed by atoms with Crippen LogP contribution in [-0.4, -0.2) is 56.0 Å². The Morgan fingerprint density at radius 1 is 1.32 bits per heavy atom. The van der Waals surface area contributed by atoms with Crippen LogP contribution in [0.3, 0.4) is 0 Å². The lowest BCUT2D eigenvalue weighted by atomic mass is 9.71. The maximum atomic E-state index is 12.7. The fourth-order valence-corrected chi connectivity index (χ4v) is 4.10. The van der Waals surface area contributed by atoms with Crippen LogP contribution in [-0.2, 0) is 14.8 Å². The van der Waals surface area contributed by atoms with Gasteiger partial charge in [0.2, 0.25) is 15.9 Å². The molecule has 25 heavy (non-hydrogen) atoms. The normalized spacial score (nSPS) is 27.2. The second-order valence-electron chi connectivity index (χ2n) is 6.62. The predicted octanol–water partition coefficient (Wildman–Crippen LogP) is -0.563. The second kappa shape index (κ2) is 6.40. The van der Waals surface area contributed by atoms with E-state index in [-0.39, 0.29) is 23.3 Å². The number of sulfonamides is 1. The molecule has 0 saturated carbocycles. The van der Waals surface area contributed by atoms with Crippen LogP contribution in [0.25, 0.3) is 0 Å². The lowest BCUT2D eigenvalue weighted by Gasteiger charge is -2.46. The number of nitrogens with one attached hydrogen (secondary N) is 1. The third-order valence-corrected chi connectivity index (χ3v) is 5.97. The molecule has 0 unspecified atom stereocenters. The van der Waals surface area contributed by atoms with Gasteiger partial charge in [-0.15, -0.1) is 0 Å². The summed E-state index contributed by atoms with van der Waals surface area (Å²) in [5.74, 6) is -0.515. The topological polar surface area (TPSA) is 130 Å². The highest BCUT2D eigenvalue weighted by atomic mass is 32.2. The summed E-state index contributed by atoms with van der Waals surface area (Å²) in [4.78, 5) is 26.6. The van der Waals surface area contributed by atoms with Gasteiger partial charge >= 0.3 is 0 Å². The number of aliphatic hydroxyl groups excluding tert-OH is 1. The number of nitrogens with two attached hydrogens (primary N) is 1. The Morgan fingerprint density at radius 2 is 2.00 bits per heavy atom. The van der Waals surface area contributed by atoms with Gasteiger partial charge in [0.1, 0.15) is 0 Å². The standard InChI is InChI=1S/C16H21N3O5S/c17-25(23,24)12-4-2-11(3-5-12)14(21)19-9-6-13(20)16(10-19)7-1-8-18-15(16)22/h2-5,13,20H,1,6-10H2,(H,18,22)(H2,17,23,24)/t13-,16+/m0/s1. The van der Waals surface area contributed by atoms with E-state index in [0.717, 1.165) is 6.42 Å². The van der Waals surface area contributed by atoms with Gasteiger partial charge in [-0.1, -0.05) is 0 Å². The predicted molar refractivity (Wildman–Crippen MR) is 89.0 cm³/mol. The van der Waals surface area contributed by atoms with Gasteiger partial charge in [0.25, 0.3) is 5.91 Å². The zero-order valence-corrected chi connectivity index (χ0v) is 14.5. The molecule has 2 aliphatic heterocycles. The van der Waals surface area contributed by atoms with Crippen molar-refractivity contribution >= 4 is 21.8 Å². The van der Waals surface area contributed by atoms with Crippen LogP contribution in [0.15, 0.2) is 29.2 Å². The molecule has 2 saturated heterocycles. The Labute approximate surface area is 146 Å². The first-order valence-electron chi connectivity index (χ1n) is 8.12. The van der Waals surface area contributed by atoms with Crippen LogP contribution in [0.4, 0.5) is 0 Å². The molecule has 8 nitrogen and oxygen atoms in total. The third-order valence-electron chi connectivity index (χ3n) is 5.04. The Hall–Kier alpha value is -1.97. The maximum absolute atomic E-state index is 12.7. The number of hydrogen-bond acceptors (Lipinski definition) is 5. The molecule has 0 aliphatic carbocycles. The number of carbonyl (C=O) groups excluding carboxylic acids is 2. The SMILES string of the molecule is NS(=O)(=O)c1ccc(C(=O)N2CC[C@H](O)[C@@]3(CCCNC3=O)C2)cc1. The van der Waals surface area contributed by atoms with Gasteiger partial charge in [0, 0.05) is 25.2 Å². The zero-order chi connectivity index (χ0) is 18.2. The molecule has 9 heteroatoms. The molecule has 1 spiro atoms. The van der Waals surface area contributed by atoms with Gasteiger partial charge in [-0.05, 0) is 43.5 Å². The van der Waals surface area contributed by atoms with Gasteiger partial charge in [-0.2, -0.15) is 0 Å². The molecule has 0 bridgehead atoms. The molecule has 2 atom stereocenters. The third kappa shape index (κ3) is 3.26. The summed E-state index contributed by atoms with van der Waals surface area (Å²) in [7, 11) is -3.82. The lowest BCUT2D eigenvalue weighted by molar-refractivity contribution is -0.147. The molecule has 136 valence electrons. The molecule has 1 aromatic rings. The first-order chi connectivity index (χ1) is 11.7. The summed E-state index contributed by atoms with van der Waals surface area (Å²) in [6.07, 6.45) is 0.845. The van der Waals surface area contributed by atoms with Crippen LogP contribution in [0, 0.1) is 5.41 Å². The van der Waals surface area contributed by atoms with Crippen molar-refractivity contribution in [3.8, 4) is 0 Å². The summed E-state index contributed by atoms with van der Waals surface area (Å²) >= 11 is 0. The van der Waals surface area contributed by atoms with E-state index in [1.165, 1.54) is 24.3 Å². The fourth-order valence-electron chi connectivity index (χ4n) is 3.59. The summed E-state index contributed by atoms with van der Waals surface area (Å²) < 4.78 is 22.6.